The van der Waals surface area contributed by atoms with Gasteiger partial charge in [0.05, 0.1) is 13.7 Å². The van der Waals surface area contributed by atoms with Crippen LogP contribution in [0, 0.1) is 6.92 Å². The standard InChI is InChI=1S/C23H18N2O5S/c1-14-3-5-15(6-4-14)13-25-21(26)20(30-23(25)31)11-17-8-10-19(29-17)16-7-9-18(24-12-16)22(27)28-2/h3-12H,13H2,1-2H3/b20-11-. The normalized spacial score (nSPS) is 14.8. The van der Waals surface area contributed by atoms with E-state index in [4.69, 9.17) is 21.4 Å². The lowest BCUT2D eigenvalue weighted by Crippen LogP contribution is -2.27. The third-order valence-electron chi connectivity index (χ3n) is 4.68. The van der Waals surface area contributed by atoms with Gasteiger partial charge in [-0.15, -0.1) is 0 Å². The van der Waals surface area contributed by atoms with Gasteiger partial charge in [-0.3, -0.25) is 9.69 Å². The van der Waals surface area contributed by atoms with Gasteiger partial charge in [-0.05, 0) is 49.0 Å². The Hall–Kier alpha value is -3.78. The van der Waals surface area contributed by atoms with Crippen molar-refractivity contribution in [2.75, 3.05) is 7.11 Å². The summed E-state index contributed by atoms with van der Waals surface area (Å²) in [4.78, 5) is 29.7. The Morgan fingerprint density at radius 1 is 1.16 bits per heavy atom. The van der Waals surface area contributed by atoms with Crippen LogP contribution in [0.5, 0.6) is 0 Å². The maximum absolute atomic E-state index is 12.7. The predicted octanol–water partition coefficient (Wildman–Crippen LogP) is 4.12. The van der Waals surface area contributed by atoms with Gasteiger partial charge in [-0.1, -0.05) is 29.8 Å². The summed E-state index contributed by atoms with van der Waals surface area (Å²) >= 11 is 5.23. The number of carbonyl (C=O) groups is 2. The average molecular weight is 434 g/mol. The Balaban J connectivity index is 1.50. The molecule has 1 aromatic carbocycles. The second kappa shape index (κ2) is 8.53. The highest BCUT2D eigenvalue weighted by Gasteiger charge is 2.33. The van der Waals surface area contributed by atoms with Gasteiger partial charge in [-0.2, -0.15) is 0 Å². The molecule has 1 aliphatic heterocycles. The molecule has 0 bridgehead atoms. The lowest BCUT2D eigenvalue weighted by atomic mass is 10.1. The van der Waals surface area contributed by atoms with Crippen molar-refractivity contribution >= 4 is 35.3 Å². The molecule has 3 heterocycles. The van der Waals surface area contributed by atoms with Gasteiger partial charge >= 0.3 is 5.97 Å². The molecule has 1 saturated heterocycles. The van der Waals surface area contributed by atoms with Crippen molar-refractivity contribution in [1.82, 2.24) is 9.88 Å². The van der Waals surface area contributed by atoms with Crippen molar-refractivity contribution in [3.63, 3.8) is 0 Å². The summed E-state index contributed by atoms with van der Waals surface area (Å²) in [6.45, 7) is 2.33. The Morgan fingerprint density at radius 2 is 1.94 bits per heavy atom. The third kappa shape index (κ3) is 4.39. The van der Waals surface area contributed by atoms with Crippen molar-refractivity contribution in [3.05, 3.63) is 83.1 Å². The molecule has 1 fully saturated rings. The van der Waals surface area contributed by atoms with E-state index in [1.807, 2.05) is 31.2 Å². The molecular weight excluding hydrogens is 416 g/mol. The van der Waals surface area contributed by atoms with Crippen LogP contribution in [0.3, 0.4) is 0 Å². The number of ether oxygens (including phenoxy) is 2. The first-order chi connectivity index (χ1) is 14.9. The molecule has 7 nitrogen and oxygen atoms in total. The van der Waals surface area contributed by atoms with Crippen molar-refractivity contribution in [3.8, 4) is 11.3 Å². The number of hydrogen-bond acceptors (Lipinski definition) is 7. The maximum atomic E-state index is 12.7. The largest absolute Gasteiger partial charge is 0.464 e. The molecule has 156 valence electrons. The molecule has 0 spiro atoms. The molecule has 1 amide bonds. The summed E-state index contributed by atoms with van der Waals surface area (Å²) in [6.07, 6.45) is 3.02. The molecular formula is C23H18N2O5S. The van der Waals surface area contributed by atoms with Crippen LogP contribution in [0.15, 0.2) is 64.9 Å². The van der Waals surface area contributed by atoms with Gasteiger partial charge in [-0.25, -0.2) is 9.78 Å². The highest BCUT2D eigenvalue weighted by Crippen LogP contribution is 2.26. The number of pyridine rings is 1. The number of carbonyl (C=O) groups excluding carboxylic acids is 2. The van der Waals surface area contributed by atoms with E-state index in [1.54, 1.807) is 24.3 Å². The topological polar surface area (TPSA) is 81.9 Å². The van der Waals surface area contributed by atoms with Gasteiger partial charge in [0, 0.05) is 17.8 Å². The van der Waals surface area contributed by atoms with Gasteiger partial charge in [0.2, 0.25) is 0 Å². The van der Waals surface area contributed by atoms with Crippen LogP contribution in [0.2, 0.25) is 0 Å². The molecule has 0 radical (unpaired) electrons. The molecule has 0 N–H and O–H groups in total. The van der Waals surface area contributed by atoms with Crippen LogP contribution in [0.1, 0.15) is 27.4 Å². The number of esters is 1. The van der Waals surface area contributed by atoms with Gasteiger partial charge in [0.15, 0.2) is 5.76 Å². The summed E-state index contributed by atoms with van der Waals surface area (Å²) in [5.74, 6) is 0.208. The number of thiocarbonyl (C=S) groups is 1. The quantitative estimate of drug-likeness (QED) is 0.339. The maximum Gasteiger partial charge on any atom is 0.356 e. The second-order valence-corrected chi connectivity index (χ2v) is 7.23. The Morgan fingerprint density at radius 3 is 2.61 bits per heavy atom. The average Bonchev–Trinajstić information content (AvgIpc) is 3.35. The smallest absolute Gasteiger partial charge is 0.356 e. The summed E-state index contributed by atoms with van der Waals surface area (Å²) in [6, 6.07) is 14.6. The lowest BCUT2D eigenvalue weighted by molar-refractivity contribution is -0.123. The highest BCUT2D eigenvalue weighted by atomic mass is 32.1. The summed E-state index contributed by atoms with van der Waals surface area (Å²) < 4.78 is 15.9. The van der Waals surface area contributed by atoms with Crippen LogP contribution in [-0.2, 0) is 20.8 Å². The van der Waals surface area contributed by atoms with Gasteiger partial charge in [0.25, 0.3) is 11.1 Å². The first-order valence-corrected chi connectivity index (χ1v) is 9.81. The predicted molar refractivity (Wildman–Crippen MR) is 117 cm³/mol. The van der Waals surface area contributed by atoms with Crippen LogP contribution < -0.4 is 0 Å². The Bertz CT molecular complexity index is 1180. The minimum atomic E-state index is -0.514. The van der Waals surface area contributed by atoms with E-state index >= 15 is 0 Å². The number of hydrogen-bond donors (Lipinski definition) is 0. The number of benzene rings is 1. The molecule has 0 atom stereocenters. The molecule has 0 saturated carbocycles. The fourth-order valence-electron chi connectivity index (χ4n) is 2.99. The zero-order chi connectivity index (χ0) is 22.0. The zero-order valence-electron chi connectivity index (χ0n) is 16.8. The first kappa shape index (κ1) is 20.5. The van der Waals surface area contributed by atoms with Crippen LogP contribution in [0.25, 0.3) is 17.4 Å². The van der Waals surface area contributed by atoms with Gasteiger partial charge < -0.3 is 13.9 Å². The van der Waals surface area contributed by atoms with Crippen molar-refractivity contribution in [2.24, 2.45) is 0 Å². The van der Waals surface area contributed by atoms with E-state index in [-0.39, 0.29) is 22.5 Å². The Labute approximate surface area is 183 Å². The highest BCUT2D eigenvalue weighted by molar-refractivity contribution is 7.80. The van der Waals surface area contributed by atoms with Crippen LogP contribution in [-0.4, -0.2) is 34.0 Å². The van der Waals surface area contributed by atoms with Crippen LogP contribution in [0.4, 0.5) is 0 Å². The number of amides is 1. The molecule has 1 aliphatic rings. The van der Waals surface area contributed by atoms with E-state index in [1.165, 1.54) is 24.3 Å². The monoisotopic (exact) mass is 434 g/mol. The summed E-state index contributed by atoms with van der Waals surface area (Å²) in [7, 11) is 1.30. The van der Waals surface area contributed by atoms with E-state index in [0.29, 0.717) is 23.6 Å². The van der Waals surface area contributed by atoms with E-state index < -0.39 is 5.97 Å². The molecule has 3 aromatic rings. The number of aromatic nitrogens is 1. The zero-order valence-corrected chi connectivity index (χ0v) is 17.6. The minimum Gasteiger partial charge on any atom is -0.464 e. The van der Waals surface area contributed by atoms with Crippen molar-refractivity contribution in [2.45, 2.75) is 13.5 Å². The summed E-state index contributed by atoms with van der Waals surface area (Å²) in [5.41, 5.74) is 2.97. The number of nitrogens with zero attached hydrogens (tertiary/aromatic N) is 2. The second-order valence-electron chi connectivity index (χ2n) is 6.88. The van der Waals surface area contributed by atoms with Crippen LogP contribution >= 0.6 is 12.2 Å². The molecule has 4 rings (SSSR count). The van der Waals surface area contributed by atoms with E-state index in [9.17, 15) is 9.59 Å². The fourth-order valence-corrected chi connectivity index (χ4v) is 3.23. The first-order valence-electron chi connectivity index (χ1n) is 9.40. The minimum absolute atomic E-state index is 0.0946. The number of furan rings is 1. The molecule has 0 aliphatic carbocycles. The molecule has 8 heteroatoms. The van der Waals surface area contributed by atoms with Crippen molar-refractivity contribution in [1.29, 1.82) is 0 Å². The van der Waals surface area contributed by atoms with Crippen molar-refractivity contribution < 1.29 is 23.5 Å². The fraction of sp³-hybridized carbons (Fsp3) is 0.130. The number of aryl methyl sites for hydroxylation is 1. The number of methoxy groups -OCH3 is 1. The van der Waals surface area contributed by atoms with E-state index in [2.05, 4.69) is 9.72 Å². The Kier molecular flexibility index (Phi) is 5.64. The van der Waals surface area contributed by atoms with E-state index in [0.717, 1.165) is 11.1 Å². The molecule has 2 aromatic heterocycles. The summed E-state index contributed by atoms with van der Waals surface area (Å²) in [5, 5.41) is 0.103. The molecule has 0 unspecified atom stereocenters. The molecule has 31 heavy (non-hydrogen) atoms. The lowest BCUT2D eigenvalue weighted by Gasteiger charge is -2.12. The SMILES string of the molecule is COC(=O)c1ccc(-c2ccc(/C=C3\OC(=S)N(Cc4ccc(C)cc4)C3=O)o2)cn1. The van der Waals surface area contributed by atoms with Gasteiger partial charge in [0.1, 0.15) is 17.2 Å². The third-order valence-corrected chi connectivity index (χ3v) is 4.98. The number of rotatable bonds is 5.